The lowest BCUT2D eigenvalue weighted by molar-refractivity contribution is -0.120. The first-order valence-electron chi connectivity index (χ1n) is 2.09. The Morgan fingerprint density at radius 3 is 2.67 bits per heavy atom. The molecule has 0 aromatic heterocycles. The van der Waals surface area contributed by atoms with Crippen molar-refractivity contribution in [2.75, 3.05) is 0 Å². The fourth-order valence-corrected chi connectivity index (χ4v) is 0.799. The summed E-state index contributed by atoms with van der Waals surface area (Å²) in [6, 6.07) is 0. The highest BCUT2D eigenvalue weighted by molar-refractivity contribution is 6.31. The predicted molar refractivity (Wildman–Crippen MR) is 32.9 cm³/mol. The van der Waals surface area contributed by atoms with Gasteiger partial charge in [0.15, 0.2) is 0 Å². The van der Waals surface area contributed by atoms with E-state index in [1.165, 1.54) is 6.08 Å². The van der Waals surface area contributed by atoms with Gasteiger partial charge < -0.3 is 0 Å². The second-order valence-corrected chi connectivity index (χ2v) is 2.11. The van der Waals surface area contributed by atoms with Crippen LogP contribution in [0.3, 0.4) is 0 Å². The van der Waals surface area contributed by atoms with Crippen molar-refractivity contribution in [2.45, 2.75) is 0 Å². The normalized spacial score (nSPS) is 20.2. The molecule has 0 aliphatic carbocycles. The van der Waals surface area contributed by atoms with E-state index in [0.29, 0.717) is 0 Å². The summed E-state index contributed by atoms with van der Waals surface area (Å²) in [5, 5.41) is 0.189. The second kappa shape index (κ2) is 2.43. The van der Waals surface area contributed by atoms with Crippen molar-refractivity contribution in [3.8, 4) is 0 Å². The van der Waals surface area contributed by atoms with Crippen molar-refractivity contribution in [1.29, 1.82) is 0 Å². The minimum absolute atomic E-state index is 0.189. The molecule has 0 saturated heterocycles. The quantitative estimate of drug-likeness (QED) is 0.397. The molecule has 0 atom stereocenters. The Morgan fingerprint density at radius 1 is 1.56 bits per heavy atom. The topological polar surface area (TPSA) is 44.4 Å². The standard InChI is InChI=1S/C3H3Cl2N3O/c4-2-1-3(9)7-8(5)6-2/h1,6H,(H,7,9). The van der Waals surface area contributed by atoms with Gasteiger partial charge in [0.25, 0.3) is 5.91 Å². The Hall–Kier alpha value is -0.450. The van der Waals surface area contributed by atoms with Gasteiger partial charge in [-0.3, -0.25) is 15.6 Å². The maximum Gasteiger partial charge on any atom is 0.263 e. The number of nitrogens with one attached hydrogen (secondary N) is 2. The first-order valence-corrected chi connectivity index (χ1v) is 2.80. The van der Waals surface area contributed by atoms with E-state index in [0.717, 1.165) is 4.64 Å². The second-order valence-electron chi connectivity index (χ2n) is 1.36. The van der Waals surface area contributed by atoms with Crippen LogP contribution in [0.4, 0.5) is 0 Å². The number of carbonyl (C=O) groups is 1. The molecule has 0 radical (unpaired) electrons. The smallest absolute Gasteiger partial charge is 0.263 e. The van der Waals surface area contributed by atoms with E-state index in [4.69, 9.17) is 23.4 Å². The lowest BCUT2D eigenvalue weighted by Gasteiger charge is -2.18. The number of hydrogen-bond acceptors (Lipinski definition) is 3. The maximum atomic E-state index is 10.4. The van der Waals surface area contributed by atoms with E-state index in [1.54, 1.807) is 0 Å². The number of halogens is 2. The van der Waals surface area contributed by atoms with E-state index >= 15 is 0 Å². The first kappa shape index (κ1) is 6.67. The minimum Gasteiger partial charge on any atom is -0.276 e. The van der Waals surface area contributed by atoms with Gasteiger partial charge in [-0.15, -0.1) is 0 Å². The molecule has 50 valence electrons. The molecular weight excluding hydrogens is 165 g/mol. The van der Waals surface area contributed by atoms with E-state index in [-0.39, 0.29) is 11.1 Å². The Balaban J connectivity index is 2.67. The number of hydrazine groups is 2. The monoisotopic (exact) mass is 167 g/mol. The van der Waals surface area contributed by atoms with Crippen molar-refractivity contribution >= 4 is 29.3 Å². The van der Waals surface area contributed by atoms with Gasteiger partial charge in [0.2, 0.25) is 0 Å². The Morgan fingerprint density at radius 2 is 2.22 bits per heavy atom. The summed E-state index contributed by atoms with van der Waals surface area (Å²) in [5.74, 6) is -0.353. The molecule has 1 aliphatic heterocycles. The Labute approximate surface area is 61.5 Å². The molecule has 0 aromatic rings. The van der Waals surface area contributed by atoms with Gasteiger partial charge in [-0.1, -0.05) is 11.6 Å². The average Bonchev–Trinajstić information content (AvgIpc) is 1.59. The SMILES string of the molecule is O=C1C=C(Cl)NN(Cl)N1. The van der Waals surface area contributed by atoms with Gasteiger partial charge in [-0.05, 0) is 4.64 Å². The third-order valence-electron chi connectivity index (χ3n) is 0.671. The van der Waals surface area contributed by atoms with Crippen LogP contribution in [0.5, 0.6) is 0 Å². The zero-order valence-corrected chi connectivity index (χ0v) is 5.70. The lowest BCUT2D eigenvalue weighted by Crippen LogP contribution is -2.46. The van der Waals surface area contributed by atoms with Gasteiger partial charge in [-0.2, -0.15) is 0 Å². The van der Waals surface area contributed by atoms with Crippen LogP contribution in [0.15, 0.2) is 11.2 Å². The van der Waals surface area contributed by atoms with E-state index in [1.807, 2.05) is 0 Å². The predicted octanol–water partition coefficient (Wildman–Crippen LogP) is 0.0718. The van der Waals surface area contributed by atoms with Crippen molar-refractivity contribution in [3.05, 3.63) is 11.2 Å². The highest BCUT2D eigenvalue weighted by Gasteiger charge is 2.11. The maximum absolute atomic E-state index is 10.4. The zero-order chi connectivity index (χ0) is 6.85. The molecule has 1 rings (SSSR count). The van der Waals surface area contributed by atoms with E-state index in [9.17, 15) is 4.79 Å². The Kier molecular flexibility index (Phi) is 1.80. The number of rotatable bonds is 0. The largest absolute Gasteiger partial charge is 0.276 e. The van der Waals surface area contributed by atoms with Crippen molar-refractivity contribution in [3.63, 3.8) is 0 Å². The van der Waals surface area contributed by atoms with Gasteiger partial charge in [0.1, 0.15) is 5.16 Å². The van der Waals surface area contributed by atoms with Crippen molar-refractivity contribution < 1.29 is 4.79 Å². The summed E-state index contributed by atoms with van der Waals surface area (Å²) in [6.07, 6.45) is 1.18. The molecule has 2 N–H and O–H groups in total. The molecule has 1 heterocycles. The van der Waals surface area contributed by atoms with Crippen LogP contribution in [0.1, 0.15) is 0 Å². The third kappa shape index (κ3) is 1.74. The van der Waals surface area contributed by atoms with Crippen LogP contribution in [0, 0.1) is 0 Å². The minimum atomic E-state index is -0.353. The molecule has 9 heavy (non-hydrogen) atoms. The molecule has 0 saturated carbocycles. The van der Waals surface area contributed by atoms with E-state index < -0.39 is 0 Å². The molecule has 6 heteroatoms. The highest BCUT2D eigenvalue weighted by atomic mass is 35.5. The van der Waals surface area contributed by atoms with E-state index in [2.05, 4.69) is 10.9 Å². The summed E-state index contributed by atoms with van der Waals surface area (Å²) in [5.41, 5.74) is 4.60. The number of amides is 1. The molecule has 4 nitrogen and oxygen atoms in total. The Bertz CT molecular complexity index is 168. The van der Waals surface area contributed by atoms with Crippen LogP contribution < -0.4 is 10.9 Å². The van der Waals surface area contributed by atoms with Crippen molar-refractivity contribution in [2.24, 2.45) is 0 Å². The van der Waals surface area contributed by atoms with Crippen LogP contribution >= 0.6 is 23.4 Å². The molecular formula is C3H3Cl2N3O. The third-order valence-corrected chi connectivity index (χ3v) is 1.03. The fourth-order valence-electron chi connectivity index (χ4n) is 0.398. The van der Waals surface area contributed by atoms with Gasteiger partial charge in [0, 0.05) is 17.9 Å². The first-order chi connectivity index (χ1) is 4.18. The number of carbonyl (C=O) groups excluding carboxylic acids is 1. The molecule has 0 unspecified atom stereocenters. The molecule has 0 aromatic carbocycles. The van der Waals surface area contributed by atoms with Crippen LogP contribution in [-0.2, 0) is 4.79 Å². The summed E-state index contributed by atoms with van der Waals surface area (Å²) in [6.45, 7) is 0. The van der Waals surface area contributed by atoms with Gasteiger partial charge >= 0.3 is 0 Å². The number of nitrogens with zero attached hydrogens (tertiary/aromatic N) is 1. The molecule has 1 amide bonds. The zero-order valence-electron chi connectivity index (χ0n) is 4.19. The van der Waals surface area contributed by atoms with Crippen LogP contribution in [0.2, 0.25) is 0 Å². The molecule has 0 fully saturated rings. The molecule has 1 aliphatic rings. The van der Waals surface area contributed by atoms with Crippen LogP contribution in [-0.4, -0.2) is 10.5 Å². The number of hydrogen-bond donors (Lipinski definition) is 2. The summed E-state index contributed by atoms with van der Waals surface area (Å²) in [4.78, 5) is 10.4. The highest BCUT2D eigenvalue weighted by Crippen LogP contribution is 2.01. The van der Waals surface area contributed by atoms with Gasteiger partial charge in [0.05, 0.1) is 0 Å². The van der Waals surface area contributed by atoms with Gasteiger partial charge in [-0.25, -0.2) is 0 Å². The lowest BCUT2D eigenvalue weighted by atomic mass is 10.6. The average molecular weight is 168 g/mol. The summed E-state index contributed by atoms with van der Waals surface area (Å²) in [7, 11) is 0. The fraction of sp³-hybridized carbons (Fsp3) is 0. The van der Waals surface area contributed by atoms with Crippen molar-refractivity contribution in [1.82, 2.24) is 15.5 Å². The molecule has 0 spiro atoms. The molecule has 0 bridgehead atoms. The van der Waals surface area contributed by atoms with Crippen LogP contribution in [0.25, 0.3) is 0 Å². The summed E-state index contributed by atoms with van der Waals surface area (Å²) < 4.78 is 0.852. The summed E-state index contributed by atoms with van der Waals surface area (Å²) >= 11 is 10.6.